The van der Waals surface area contributed by atoms with Crippen molar-refractivity contribution >= 4 is 12.1 Å². The lowest BCUT2D eigenvalue weighted by molar-refractivity contribution is 0.0599. The lowest BCUT2D eigenvalue weighted by Gasteiger charge is -2.17. The summed E-state index contributed by atoms with van der Waals surface area (Å²) < 4.78 is 10.1. The average Bonchev–Trinajstić information content (AvgIpc) is 3.04. The third kappa shape index (κ3) is 3.78. The van der Waals surface area contributed by atoms with Crippen molar-refractivity contribution in [2.24, 2.45) is 0 Å². The largest absolute Gasteiger partial charge is 0.465 e. The summed E-state index contributed by atoms with van der Waals surface area (Å²) in [5.41, 5.74) is 1.52. The first-order valence-electron chi connectivity index (χ1n) is 7.76. The summed E-state index contributed by atoms with van der Waals surface area (Å²) in [7, 11) is 1.38. The molecule has 1 atom stereocenters. The molecule has 0 aliphatic carbocycles. The molecular weight excluding hydrogens is 282 g/mol. The van der Waals surface area contributed by atoms with Gasteiger partial charge in [-0.15, -0.1) is 0 Å². The molecule has 1 unspecified atom stereocenters. The van der Waals surface area contributed by atoms with Gasteiger partial charge in [-0.1, -0.05) is 31.5 Å². The van der Waals surface area contributed by atoms with Crippen LogP contribution in [0.2, 0.25) is 0 Å². The van der Waals surface area contributed by atoms with Gasteiger partial charge in [0, 0.05) is 19.0 Å². The Morgan fingerprint density at radius 1 is 1.32 bits per heavy atom. The molecule has 5 heteroatoms. The number of carbonyl (C=O) groups is 2. The van der Waals surface area contributed by atoms with Crippen LogP contribution in [0.3, 0.4) is 0 Å². The van der Waals surface area contributed by atoms with Gasteiger partial charge in [-0.05, 0) is 24.5 Å². The van der Waals surface area contributed by atoms with Gasteiger partial charge >= 0.3 is 12.1 Å². The average molecular weight is 305 g/mol. The van der Waals surface area contributed by atoms with E-state index in [-0.39, 0.29) is 18.0 Å². The quantitative estimate of drug-likeness (QED) is 0.619. The minimum absolute atomic E-state index is 0.147. The summed E-state index contributed by atoms with van der Waals surface area (Å²) in [5.74, 6) is -0.186. The molecule has 0 spiro atoms. The van der Waals surface area contributed by atoms with Gasteiger partial charge in [-0.2, -0.15) is 0 Å². The highest BCUT2D eigenvalue weighted by Gasteiger charge is 2.30. The third-order valence-corrected chi connectivity index (χ3v) is 3.98. The van der Waals surface area contributed by atoms with Crippen LogP contribution in [0, 0.1) is 0 Å². The number of ether oxygens (including phenoxy) is 2. The first-order valence-corrected chi connectivity index (χ1v) is 7.76. The van der Waals surface area contributed by atoms with Gasteiger partial charge in [-0.25, -0.2) is 9.59 Å². The Labute approximate surface area is 131 Å². The van der Waals surface area contributed by atoms with Crippen molar-refractivity contribution in [1.82, 2.24) is 4.90 Å². The van der Waals surface area contributed by atoms with Crippen molar-refractivity contribution in [2.75, 3.05) is 26.8 Å². The Bertz CT molecular complexity index is 529. The Morgan fingerprint density at radius 3 is 2.82 bits per heavy atom. The van der Waals surface area contributed by atoms with E-state index in [4.69, 9.17) is 9.47 Å². The molecule has 0 radical (unpaired) electrons. The fraction of sp³-hybridized carbons (Fsp3) is 0.529. The molecule has 0 N–H and O–H groups in total. The van der Waals surface area contributed by atoms with Crippen molar-refractivity contribution in [1.29, 1.82) is 0 Å². The Hall–Kier alpha value is -2.04. The minimum atomic E-state index is -0.334. The van der Waals surface area contributed by atoms with Crippen LogP contribution in [0.15, 0.2) is 24.3 Å². The highest BCUT2D eigenvalue weighted by atomic mass is 16.6. The maximum atomic E-state index is 12.0. The first kappa shape index (κ1) is 16.3. The smallest absolute Gasteiger partial charge is 0.409 e. The summed E-state index contributed by atoms with van der Waals surface area (Å²) in [4.78, 5) is 25.6. The van der Waals surface area contributed by atoms with E-state index >= 15 is 0 Å². The van der Waals surface area contributed by atoms with Crippen molar-refractivity contribution in [3.63, 3.8) is 0 Å². The van der Waals surface area contributed by atoms with Crippen molar-refractivity contribution in [3.05, 3.63) is 35.4 Å². The second-order valence-corrected chi connectivity index (χ2v) is 5.48. The number of hydrogen-bond donors (Lipinski definition) is 0. The second-order valence-electron chi connectivity index (χ2n) is 5.48. The number of unbranched alkanes of at least 4 members (excludes halogenated alkanes) is 1. The van der Waals surface area contributed by atoms with Crippen LogP contribution in [0.25, 0.3) is 0 Å². The number of nitrogens with zero attached hydrogens (tertiary/aromatic N) is 1. The molecular formula is C17H23NO4. The minimum Gasteiger partial charge on any atom is -0.465 e. The Balaban J connectivity index is 2.01. The monoisotopic (exact) mass is 305 g/mol. The van der Waals surface area contributed by atoms with E-state index < -0.39 is 0 Å². The van der Waals surface area contributed by atoms with Gasteiger partial charge in [0.1, 0.15) is 0 Å². The molecule has 0 saturated carbocycles. The molecule has 1 saturated heterocycles. The highest BCUT2D eigenvalue weighted by molar-refractivity contribution is 5.91. The van der Waals surface area contributed by atoms with Gasteiger partial charge in [-0.3, -0.25) is 0 Å². The van der Waals surface area contributed by atoms with Crippen molar-refractivity contribution in [2.45, 2.75) is 32.1 Å². The molecule has 0 aromatic heterocycles. The fourth-order valence-corrected chi connectivity index (χ4v) is 2.72. The summed E-state index contributed by atoms with van der Waals surface area (Å²) in [6.45, 7) is 3.77. The lowest BCUT2D eigenvalue weighted by Crippen LogP contribution is -2.29. The van der Waals surface area contributed by atoms with Gasteiger partial charge in [0.05, 0.1) is 19.3 Å². The first-order chi connectivity index (χ1) is 10.7. The number of methoxy groups -OCH3 is 1. The zero-order valence-corrected chi connectivity index (χ0v) is 13.2. The van der Waals surface area contributed by atoms with Crippen LogP contribution < -0.4 is 0 Å². The van der Waals surface area contributed by atoms with Gasteiger partial charge in [0.2, 0.25) is 0 Å². The highest BCUT2D eigenvalue weighted by Crippen LogP contribution is 2.30. The van der Waals surface area contributed by atoms with Gasteiger partial charge in [0.25, 0.3) is 0 Å². The summed E-state index contributed by atoms with van der Waals surface area (Å²) in [6, 6.07) is 7.43. The van der Waals surface area contributed by atoms with Crippen LogP contribution in [0.5, 0.6) is 0 Å². The van der Waals surface area contributed by atoms with Crippen LogP contribution in [-0.2, 0) is 9.47 Å². The van der Waals surface area contributed by atoms with E-state index in [2.05, 4.69) is 6.92 Å². The summed E-state index contributed by atoms with van der Waals surface area (Å²) in [6.07, 6.45) is 2.46. The van der Waals surface area contributed by atoms with E-state index in [0.29, 0.717) is 25.3 Å². The molecule has 1 amide bonds. The molecule has 1 heterocycles. The van der Waals surface area contributed by atoms with E-state index in [1.54, 1.807) is 11.0 Å². The number of likely N-dealkylation sites (tertiary alicyclic amines) is 1. The van der Waals surface area contributed by atoms with Gasteiger partial charge in [0.15, 0.2) is 0 Å². The molecule has 1 aromatic rings. The SMILES string of the molecule is CCCCOC(=O)N1CCC(c2ccccc2C(=O)OC)C1. The zero-order valence-electron chi connectivity index (χ0n) is 13.2. The number of hydrogen-bond acceptors (Lipinski definition) is 4. The molecule has 0 bridgehead atoms. The van der Waals surface area contributed by atoms with Crippen molar-refractivity contribution in [3.8, 4) is 0 Å². The van der Waals surface area contributed by atoms with Gasteiger partial charge < -0.3 is 14.4 Å². The topological polar surface area (TPSA) is 55.8 Å². The molecule has 120 valence electrons. The number of benzene rings is 1. The van der Waals surface area contributed by atoms with Crippen LogP contribution >= 0.6 is 0 Å². The molecule has 1 aromatic carbocycles. The predicted molar refractivity (Wildman–Crippen MR) is 83.0 cm³/mol. The summed E-state index contributed by atoms with van der Waals surface area (Å²) >= 11 is 0. The van der Waals surface area contributed by atoms with Crippen LogP contribution in [0.4, 0.5) is 4.79 Å². The van der Waals surface area contributed by atoms with E-state index in [1.807, 2.05) is 18.2 Å². The van der Waals surface area contributed by atoms with E-state index in [0.717, 1.165) is 24.8 Å². The Morgan fingerprint density at radius 2 is 2.09 bits per heavy atom. The molecule has 5 nitrogen and oxygen atoms in total. The van der Waals surface area contributed by atoms with E-state index in [1.165, 1.54) is 7.11 Å². The molecule has 22 heavy (non-hydrogen) atoms. The number of rotatable bonds is 5. The number of carbonyl (C=O) groups excluding carboxylic acids is 2. The predicted octanol–water partition coefficient (Wildman–Crippen LogP) is 3.20. The Kier molecular flexibility index (Phi) is 5.81. The maximum absolute atomic E-state index is 12.0. The maximum Gasteiger partial charge on any atom is 0.409 e. The molecule has 1 fully saturated rings. The number of amides is 1. The number of esters is 1. The third-order valence-electron chi connectivity index (χ3n) is 3.98. The fourth-order valence-electron chi connectivity index (χ4n) is 2.72. The standard InChI is InChI=1S/C17H23NO4/c1-3-4-11-22-17(20)18-10-9-13(12-18)14-7-5-6-8-15(14)16(19)21-2/h5-8,13H,3-4,9-12H2,1-2H3. The second kappa shape index (κ2) is 7.82. The lowest BCUT2D eigenvalue weighted by atomic mass is 9.93. The molecule has 1 aliphatic heterocycles. The molecule has 2 rings (SSSR count). The van der Waals surface area contributed by atoms with Crippen molar-refractivity contribution < 1.29 is 19.1 Å². The molecule has 1 aliphatic rings. The van der Waals surface area contributed by atoms with Crippen LogP contribution in [0.1, 0.15) is 48.0 Å². The van der Waals surface area contributed by atoms with E-state index in [9.17, 15) is 9.59 Å². The zero-order chi connectivity index (χ0) is 15.9. The normalized spacial score (nSPS) is 17.4. The van der Waals surface area contributed by atoms with Crippen LogP contribution in [-0.4, -0.2) is 43.8 Å². The summed E-state index contributed by atoms with van der Waals surface area (Å²) in [5, 5.41) is 0.